The lowest BCUT2D eigenvalue weighted by Crippen LogP contribution is -2.29. The van der Waals surface area contributed by atoms with Crippen molar-refractivity contribution in [2.24, 2.45) is 0 Å². The summed E-state index contributed by atoms with van der Waals surface area (Å²) >= 11 is 5.92. The highest BCUT2D eigenvalue weighted by Gasteiger charge is 2.48. The summed E-state index contributed by atoms with van der Waals surface area (Å²) in [4.78, 5) is 27.3. The molecule has 0 saturated carbocycles. The number of aliphatic hydroxyl groups excluding tert-OH is 1. The normalized spacial score (nSPS) is 17.8. The van der Waals surface area contributed by atoms with E-state index < -0.39 is 23.5 Å². The predicted octanol–water partition coefficient (Wildman–Crippen LogP) is 5.83. The minimum absolute atomic E-state index is 0.0809. The van der Waals surface area contributed by atoms with Crippen LogP contribution >= 0.6 is 11.6 Å². The van der Waals surface area contributed by atoms with E-state index in [0.29, 0.717) is 11.3 Å². The molecule has 0 spiro atoms. The third-order valence-corrected chi connectivity index (χ3v) is 5.85. The molecule has 1 unspecified atom stereocenters. The molecule has 1 saturated heterocycles. The van der Waals surface area contributed by atoms with Crippen LogP contribution in [0.25, 0.3) is 5.76 Å². The van der Waals surface area contributed by atoms with Crippen molar-refractivity contribution < 1.29 is 28.2 Å². The van der Waals surface area contributed by atoms with E-state index in [0.717, 1.165) is 16.5 Å². The van der Waals surface area contributed by atoms with Gasteiger partial charge in [-0.15, -0.1) is 0 Å². The van der Waals surface area contributed by atoms with Crippen LogP contribution in [0.5, 0.6) is 5.75 Å². The zero-order chi connectivity index (χ0) is 23.9. The van der Waals surface area contributed by atoms with E-state index in [4.69, 9.17) is 20.8 Å². The Bertz CT molecular complexity index is 1270. The Balaban J connectivity index is 1.92. The molecule has 1 fully saturated rings. The summed E-state index contributed by atoms with van der Waals surface area (Å²) in [5, 5.41) is 11.0. The van der Waals surface area contributed by atoms with Gasteiger partial charge in [0, 0.05) is 11.3 Å². The predicted molar refractivity (Wildman–Crippen MR) is 122 cm³/mol. The second-order valence-corrected chi connectivity index (χ2v) is 8.30. The fourth-order valence-corrected chi connectivity index (χ4v) is 4.11. The number of carbonyl (C=O) groups excluding carboxylic acids is 2. The molecule has 0 radical (unpaired) electrons. The molecule has 1 aliphatic rings. The van der Waals surface area contributed by atoms with Gasteiger partial charge in [0.05, 0.1) is 24.0 Å². The third-order valence-electron chi connectivity index (χ3n) is 5.56. The number of methoxy groups -OCH3 is 1. The van der Waals surface area contributed by atoms with Gasteiger partial charge in [-0.05, 0) is 60.0 Å². The van der Waals surface area contributed by atoms with Crippen LogP contribution in [-0.2, 0) is 9.59 Å². The van der Waals surface area contributed by atoms with E-state index >= 15 is 0 Å². The van der Waals surface area contributed by atoms with Crippen LogP contribution in [0.2, 0.25) is 5.02 Å². The van der Waals surface area contributed by atoms with Crippen molar-refractivity contribution in [3.63, 3.8) is 0 Å². The molecule has 1 amide bonds. The number of furan rings is 1. The highest BCUT2D eigenvalue weighted by atomic mass is 35.5. The van der Waals surface area contributed by atoms with Gasteiger partial charge in [0.25, 0.3) is 11.7 Å². The topological polar surface area (TPSA) is 80.0 Å². The lowest BCUT2D eigenvalue weighted by atomic mass is 9.95. The SMILES string of the molecule is COc1ccc(/C(O)=C2/C(=O)C(=O)N(c3ccc(F)c(Cl)c3)C2c2ccco2)cc1C(C)C. The highest BCUT2D eigenvalue weighted by Crippen LogP contribution is 2.43. The molecule has 170 valence electrons. The number of Topliss-reactive ketones (excluding diaryl/α,β-unsaturated/α-hetero) is 1. The lowest BCUT2D eigenvalue weighted by Gasteiger charge is -2.23. The average molecular weight is 470 g/mol. The molecule has 4 rings (SSSR count). The molecular weight excluding hydrogens is 449 g/mol. The molecule has 1 aromatic heterocycles. The maximum atomic E-state index is 13.7. The van der Waals surface area contributed by atoms with Gasteiger partial charge in [-0.3, -0.25) is 14.5 Å². The first-order chi connectivity index (χ1) is 15.7. The van der Waals surface area contributed by atoms with Crippen LogP contribution in [-0.4, -0.2) is 23.9 Å². The van der Waals surface area contributed by atoms with Crippen molar-refractivity contribution in [1.82, 2.24) is 0 Å². The van der Waals surface area contributed by atoms with Crippen LogP contribution in [0.3, 0.4) is 0 Å². The maximum Gasteiger partial charge on any atom is 0.300 e. The second-order valence-electron chi connectivity index (χ2n) is 7.89. The molecular formula is C25H21ClFNO5. The van der Waals surface area contributed by atoms with Crippen LogP contribution < -0.4 is 9.64 Å². The van der Waals surface area contributed by atoms with Crippen molar-refractivity contribution >= 4 is 34.7 Å². The summed E-state index contributed by atoms with van der Waals surface area (Å²) in [6, 6.07) is 10.9. The monoisotopic (exact) mass is 469 g/mol. The molecule has 0 aliphatic carbocycles. The number of anilines is 1. The van der Waals surface area contributed by atoms with E-state index in [2.05, 4.69) is 0 Å². The Labute approximate surface area is 194 Å². The Hall–Kier alpha value is -3.58. The van der Waals surface area contributed by atoms with Crippen LogP contribution in [0.4, 0.5) is 10.1 Å². The van der Waals surface area contributed by atoms with Crippen LogP contribution in [0.15, 0.2) is 64.8 Å². The molecule has 0 bridgehead atoms. The number of hydrogen-bond acceptors (Lipinski definition) is 5. The zero-order valence-electron chi connectivity index (χ0n) is 18.1. The Morgan fingerprint density at radius 1 is 1.18 bits per heavy atom. The quantitative estimate of drug-likeness (QED) is 0.289. The maximum absolute atomic E-state index is 13.7. The number of halogens is 2. The summed E-state index contributed by atoms with van der Waals surface area (Å²) in [6.07, 6.45) is 1.40. The number of carbonyl (C=O) groups is 2. The number of ether oxygens (including phenoxy) is 1. The third kappa shape index (κ3) is 3.89. The van der Waals surface area contributed by atoms with Gasteiger partial charge in [0.1, 0.15) is 29.1 Å². The Kier molecular flexibility index (Phi) is 5.99. The molecule has 1 N–H and O–H groups in total. The molecule has 1 aliphatic heterocycles. The second kappa shape index (κ2) is 8.75. The van der Waals surface area contributed by atoms with Crippen LogP contribution in [0, 0.1) is 5.82 Å². The molecule has 2 heterocycles. The first-order valence-corrected chi connectivity index (χ1v) is 10.6. The Morgan fingerprint density at radius 3 is 2.55 bits per heavy atom. The van der Waals surface area contributed by atoms with E-state index in [-0.39, 0.29) is 33.7 Å². The lowest BCUT2D eigenvalue weighted by molar-refractivity contribution is -0.132. The first-order valence-electron chi connectivity index (χ1n) is 10.2. The van der Waals surface area contributed by atoms with Gasteiger partial charge in [-0.2, -0.15) is 0 Å². The minimum Gasteiger partial charge on any atom is -0.507 e. The van der Waals surface area contributed by atoms with Crippen molar-refractivity contribution in [3.8, 4) is 5.75 Å². The smallest absolute Gasteiger partial charge is 0.300 e. The van der Waals surface area contributed by atoms with Gasteiger partial charge >= 0.3 is 0 Å². The number of benzene rings is 2. The summed E-state index contributed by atoms with van der Waals surface area (Å²) in [5.74, 6) is -1.81. The molecule has 33 heavy (non-hydrogen) atoms. The standard InChI is InChI=1S/C25H21ClFNO5/c1-13(2)16-11-14(6-9-19(16)32-3)23(29)21-22(20-5-4-10-33-20)28(25(31)24(21)30)15-7-8-18(27)17(26)12-15/h4-13,22,29H,1-3H3/b23-21-. The molecule has 1 atom stereocenters. The van der Waals surface area contributed by atoms with Gasteiger partial charge in [0.15, 0.2) is 0 Å². The molecule has 6 nitrogen and oxygen atoms in total. The molecule has 8 heteroatoms. The van der Waals surface area contributed by atoms with Crippen molar-refractivity contribution in [2.75, 3.05) is 12.0 Å². The van der Waals surface area contributed by atoms with E-state index in [1.165, 1.54) is 18.4 Å². The summed E-state index contributed by atoms with van der Waals surface area (Å²) < 4.78 is 24.7. The Morgan fingerprint density at radius 2 is 1.94 bits per heavy atom. The van der Waals surface area contributed by atoms with Gasteiger partial charge < -0.3 is 14.3 Å². The number of ketones is 1. The minimum atomic E-state index is -1.06. The molecule has 2 aromatic carbocycles. The van der Waals surface area contributed by atoms with E-state index in [1.54, 1.807) is 37.4 Å². The zero-order valence-corrected chi connectivity index (χ0v) is 18.9. The number of rotatable bonds is 5. The summed E-state index contributed by atoms with van der Waals surface area (Å²) in [7, 11) is 1.55. The highest BCUT2D eigenvalue weighted by molar-refractivity contribution is 6.51. The largest absolute Gasteiger partial charge is 0.507 e. The van der Waals surface area contributed by atoms with Crippen molar-refractivity contribution in [2.45, 2.75) is 25.8 Å². The summed E-state index contributed by atoms with van der Waals surface area (Å²) in [6.45, 7) is 3.95. The number of amides is 1. The fourth-order valence-electron chi connectivity index (χ4n) is 3.94. The van der Waals surface area contributed by atoms with Gasteiger partial charge in [0.2, 0.25) is 0 Å². The van der Waals surface area contributed by atoms with Gasteiger partial charge in [-0.25, -0.2) is 4.39 Å². The van der Waals surface area contributed by atoms with E-state index in [9.17, 15) is 19.1 Å². The molecule has 3 aromatic rings. The average Bonchev–Trinajstić information content (AvgIpc) is 3.42. The van der Waals surface area contributed by atoms with Crippen LogP contribution in [0.1, 0.15) is 42.7 Å². The number of aliphatic hydroxyl groups is 1. The van der Waals surface area contributed by atoms with E-state index in [1.807, 2.05) is 13.8 Å². The number of hydrogen-bond donors (Lipinski definition) is 1. The number of nitrogens with zero attached hydrogens (tertiary/aromatic N) is 1. The van der Waals surface area contributed by atoms with Crippen molar-refractivity contribution in [3.05, 3.63) is 88.1 Å². The fraction of sp³-hybridized carbons (Fsp3) is 0.200. The van der Waals surface area contributed by atoms with Crippen molar-refractivity contribution in [1.29, 1.82) is 0 Å². The first kappa shape index (κ1) is 22.6. The summed E-state index contributed by atoms with van der Waals surface area (Å²) in [5.41, 5.74) is 1.23. The van der Waals surface area contributed by atoms with Gasteiger partial charge in [-0.1, -0.05) is 25.4 Å².